The number of nitrogens with one attached hydrogen (secondary N) is 1. The summed E-state index contributed by atoms with van der Waals surface area (Å²) in [6.45, 7) is 4.26. The highest BCUT2D eigenvalue weighted by Crippen LogP contribution is 2.40. The van der Waals surface area contributed by atoms with Crippen molar-refractivity contribution in [3.63, 3.8) is 0 Å². The standard InChI is InChI=1S/C19H23NO/c1-13-17(15-9-5-3-6-10-15)20-18(14(2)19(13)21)16-11-7-4-8-12-16/h3-14,17-21H,1-2H3/t13-,14-,17+,18+/m1/s1. The lowest BCUT2D eigenvalue weighted by Gasteiger charge is -2.44. The van der Waals surface area contributed by atoms with Gasteiger partial charge in [0.15, 0.2) is 0 Å². The summed E-state index contributed by atoms with van der Waals surface area (Å²) >= 11 is 0. The van der Waals surface area contributed by atoms with E-state index in [1.807, 2.05) is 12.1 Å². The molecule has 1 saturated heterocycles. The van der Waals surface area contributed by atoms with Gasteiger partial charge >= 0.3 is 0 Å². The first kappa shape index (κ1) is 14.3. The van der Waals surface area contributed by atoms with E-state index in [0.717, 1.165) is 0 Å². The Morgan fingerprint density at radius 1 is 0.714 bits per heavy atom. The summed E-state index contributed by atoms with van der Waals surface area (Å²) in [6.07, 6.45) is -0.304. The minimum atomic E-state index is -0.304. The molecular formula is C19H23NO. The van der Waals surface area contributed by atoms with Crippen LogP contribution < -0.4 is 5.32 Å². The first-order chi connectivity index (χ1) is 10.2. The van der Waals surface area contributed by atoms with Gasteiger partial charge in [-0.05, 0) is 11.1 Å². The second kappa shape index (κ2) is 6.00. The fourth-order valence-corrected chi connectivity index (χ4v) is 3.49. The summed E-state index contributed by atoms with van der Waals surface area (Å²) < 4.78 is 0. The predicted octanol–water partition coefficient (Wildman–Crippen LogP) is 3.71. The van der Waals surface area contributed by atoms with Crippen molar-refractivity contribution < 1.29 is 5.11 Å². The lowest BCUT2D eigenvalue weighted by molar-refractivity contribution is -0.00676. The molecule has 0 bridgehead atoms. The fourth-order valence-electron chi connectivity index (χ4n) is 3.49. The Kier molecular flexibility index (Phi) is 4.09. The average molecular weight is 281 g/mol. The summed E-state index contributed by atoms with van der Waals surface area (Å²) in [5.41, 5.74) is 2.49. The monoisotopic (exact) mass is 281 g/mol. The number of hydrogen-bond donors (Lipinski definition) is 2. The average Bonchev–Trinajstić information content (AvgIpc) is 2.55. The van der Waals surface area contributed by atoms with E-state index in [9.17, 15) is 5.11 Å². The van der Waals surface area contributed by atoms with Crippen LogP contribution in [-0.2, 0) is 0 Å². The van der Waals surface area contributed by atoms with Gasteiger partial charge in [0.25, 0.3) is 0 Å². The van der Waals surface area contributed by atoms with Gasteiger partial charge in [0, 0.05) is 23.9 Å². The Labute approximate surface area is 126 Å². The zero-order valence-corrected chi connectivity index (χ0v) is 12.6. The second-order valence-corrected chi connectivity index (χ2v) is 6.15. The Hall–Kier alpha value is -1.64. The van der Waals surface area contributed by atoms with Crippen LogP contribution in [0.1, 0.15) is 37.1 Å². The van der Waals surface area contributed by atoms with Gasteiger partial charge in [0.2, 0.25) is 0 Å². The summed E-state index contributed by atoms with van der Waals surface area (Å²) in [7, 11) is 0. The first-order valence-electron chi connectivity index (χ1n) is 7.72. The molecule has 3 rings (SSSR count). The smallest absolute Gasteiger partial charge is 0.0627 e. The third-order valence-corrected chi connectivity index (χ3v) is 4.81. The molecular weight excluding hydrogens is 258 g/mol. The van der Waals surface area contributed by atoms with E-state index in [4.69, 9.17) is 0 Å². The summed E-state index contributed by atoms with van der Waals surface area (Å²) in [4.78, 5) is 0. The largest absolute Gasteiger partial charge is 0.392 e. The third kappa shape index (κ3) is 2.74. The van der Waals surface area contributed by atoms with E-state index in [0.29, 0.717) is 0 Å². The van der Waals surface area contributed by atoms with Crippen molar-refractivity contribution in [3.8, 4) is 0 Å². The predicted molar refractivity (Wildman–Crippen MR) is 85.8 cm³/mol. The number of piperidine rings is 1. The van der Waals surface area contributed by atoms with Crippen molar-refractivity contribution in [1.29, 1.82) is 0 Å². The zero-order valence-electron chi connectivity index (χ0n) is 12.6. The molecule has 2 nitrogen and oxygen atoms in total. The van der Waals surface area contributed by atoms with Crippen molar-refractivity contribution >= 4 is 0 Å². The molecule has 0 saturated carbocycles. The molecule has 0 unspecified atom stereocenters. The molecule has 21 heavy (non-hydrogen) atoms. The third-order valence-electron chi connectivity index (χ3n) is 4.81. The van der Waals surface area contributed by atoms with Gasteiger partial charge in [0.05, 0.1) is 6.10 Å². The maximum absolute atomic E-state index is 10.7. The summed E-state index contributed by atoms with van der Waals surface area (Å²) in [6, 6.07) is 21.2. The highest BCUT2D eigenvalue weighted by molar-refractivity contribution is 5.26. The molecule has 0 radical (unpaired) electrons. The molecule has 2 aromatic carbocycles. The Balaban J connectivity index is 1.93. The molecule has 0 aliphatic carbocycles. The van der Waals surface area contributed by atoms with Crippen LogP contribution in [0, 0.1) is 11.8 Å². The van der Waals surface area contributed by atoms with E-state index >= 15 is 0 Å². The van der Waals surface area contributed by atoms with E-state index in [-0.39, 0.29) is 30.0 Å². The van der Waals surface area contributed by atoms with Crippen LogP contribution in [0.2, 0.25) is 0 Å². The first-order valence-corrected chi connectivity index (χ1v) is 7.72. The van der Waals surface area contributed by atoms with E-state index in [1.165, 1.54) is 11.1 Å². The lowest BCUT2D eigenvalue weighted by atomic mass is 9.75. The number of benzene rings is 2. The van der Waals surface area contributed by atoms with Crippen LogP contribution in [0.4, 0.5) is 0 Å². The highest BCUT2D eigenvalue weighted by Gasteiger charge is 2.40. The van der Waals surface area contributed by atoms with Crippen LogP contribution in [0.15, 0.2) is 60.7 Å². The molecule has 4 atom stereocenters. The summed E-state index contributed by atoms with van der Waals surface area (Å²) in [5, 5.41) is 14.4. The molecule has 0 aromatic heterocycles. The molecule has 1 fully saturated rings. The molecule has 1 heterocycles. The number of hydrogen-bond acceptors (Lipinski definition) is 2. The molecule has 110 valence electrons. The van der Waals surface area contributed by atoms with Crippen LogP contribution in [0.5, 0.6) is 0 Å². The second-order valence-electron chi connectivity index (χ2n) is 6.15. The van der Waals surface area contributed by atoms with Crippen molar-refractivity contribution in [2.75, 3.05) is 0 Å². The van der Waals surface area contributed by atoms with Gasteiger partial charge in [0.1, 0.15) is 0 Å². The quantitative estimate of drug-likeness (QED) is 0.879. The topological polar surface area (TPSA) is 32.3 Å². The van der Waals surface area contributed by atoms with Gasteiger partial charge in [-0.2, -0.15) is 0 Å². The van der Waals surface area contributed by atoms with E-state index in [1.54, 1.807) is 0 Å². The lowest BCUT2D eigenvalue weighted by Crippen LogP contribution is -2.48. The zero-order chi connectivity index (χ0) is 14.8. The minimum absolute atomic E-state index is 0.183. The maximum Gasteiger partial charge on any atom is 0.0627 e. The number of rotatable bonds is 2. The number of aliphatic hydroxyl groups excluding tert-OH is 1. The molecule has 2 heteroatoms. The van der Waals surface area contributed by atoms with Crippen molar-refractivity contribution in [2.24, 2.45) is 11.8 Å². The number of aliphatic hydroxyl groups is 1. The molecule has 2 aromatic rings. The van der Waals surface area contributed by atoms with Crippen LogP contribution in [0.25, 0.3) is 0 Å². The molecule has 1 aliphatic rings. The Morgan fingerprint density at radius 2 is 1.10 bits per heavy atom. The SMILES string of the molecule is C[C@H]1C(O)[C@H](C)[C@@H](c2ccccc2)N[C@@H]1c1ccccc1. The summed E-state index contributed by atoms with van der Waals surface area (Å²) in [5.74, 6) is 0.393. The molecule has 0 amide bonds. The highest BCUT2D eigenvalue weighted by atomic mass is 16.3. The van der Waals surface area contributed by atoms with Gasteiger partial charge in [-0.25, -0.2) is 0 Å². The van der Waals surface area contributed by atoms with Gasteiger partial charge in [-0.15, -0.1) is 0 Å². The molecule has 0 spiro atoms. The Bertz CT molecular complexity index is 517. The fraction of sp³-hybridized carbons (Fsp3) is 0.368. The van der Waals surface area contributed by atoms with E-state index < -0.39 is 0 Å². The van der Waals surface area contributed by atoms with Crippen molar-refractivity contribution in [1.82, 2.24) is 5.32 Å². The van der Waals surface area contributed by atoms with Crippen LogP contribution >= 0.6 is 0 Å². The van der Waals surface area contributed by atoms with Gasteiger partial charge in [-0.1, -0.05) is 74.5 Å². The normalized spacial score (nSPS) is 32.8. The van der Waals surface area contributed by atoms with Crippen LogP contribution in [0.3, 0.4) is 0 Å². The van der Waals surface area contributed by atoms with Crippen molar-refractivity contribution in [2.45, 2.75) is 32.0 Å². The molecule has 1 aliphatic heterocycles. The maximum atomic E-state index is 10.7. The van der Waals surface area contributed by atoms with E-state index in [2.05, 4.69) is 67.7 Å². The van der Waals surface area contributed by atoms with Crippen LogP contribution in [-0.4, -0.2) is 11.2 Å². The van der Waals surface area contributed by atoms with Crippen molar-refractivity contribution in [3.05, 3.63) is 71.8 Å². The minimum Gasteiger partial charge on any atom is -0.392 e. The molecule has 2 N–H and O–H groups in total. The Morgan fingerprint density at radius 3 is 1.48 bits per heavy atom. The van der Waals surface area contributed by atoms with Gasteiger partial charge < -0.3 is 10.4 Å². The van der Waals surface area contributed by atoms with Gasteiger partial charge in [-0.3, -0.25) is 0 Å².